The van der Waals surface area contributed by atoms with E-state index in [1.807, 2.05) is 0 Å². The van der Waals surface area contributed by atoms with E-state index >= 15 is 0 Å². The summed E-state index contributed by atoms with van der Waals surface area (Å²) in [6.45, 7) is 0. The SMILES string of the molecule is O=C[C@@H](O)[C@@H](O)[C@H](O)[C@H](O)C(=O)[O-].O=C[C@@H](O)[C@@H](O)[C@H](O)[C@H](O)C(=O)[O-].O=C[C@@H](O)[C@@H](O)[C@H](O)[C@H](O)C(=O)[O-].O=C[C@@H](O)[C@@H](O)[C@H](O)[C@H](O)C(=O)[O-].O=C[C@@H](O)[C@@H](O)[C@H](O)[C@H](O)C(=O)[O-].[Na+].[Na+].[Na+].[Na+].[Na+]. The summed E-state index contributed by atoms with van der Waals surface area (Å²) < 4.78 is 0. The first kappa shape index (κ1) is 92.5. The van der Waals surface area contributed by atoms with E-state index in [0.29, 0.717) is 0 Å². The van der Waals surface area contributed by atoms with Crippen LogP contribution in [0.1, 0.15) is 0 Å². The molecule has 0 heterocycles. The van der Waals surface area contributed by atoms with Gasteiger partial charge in [0.05, 0.1) is 29.8 Å². The molecule has 0 aromatic rings. The molecule has 0 amide bonds. The van der Waals surface area contributed by atoms with Crippen LogP contribution in [0.15, 0.2) is 0 Å². The second-order valence-corrected chi connectivity index (χ2v) is 11.9. The summed E-state index contributed by atoms with van der Waals surface area (Å²) in [5, 5.41) is 224. The van der Waals surface area contributed by atoms with Crippen LogP contribution in [0.4, 0.5) is 0 Å². The molecule has 380 valence electrons. The average Bonchev–Trinajstić information content (AvgIpc) is 3.28. The average molecular weight is 1080 g/mol. The minimum atomic E-state index is -2.36. The standard InChI is InChI=1S/5C6H10O7.5Na/c5*7-1-2(8)3(9)4(10)5(11)6(12)13;;;;;/h5*1-5,8-11H,(H,12,13);;;;;/q;;;;;5*+1/p-5/t5*2-,3-,4+,5+;;;;;/m11111...../s1. The normalized spacial score (nSPS) is 18.6. The van der Waals surface area contributed by atoms with Gasteiger partial charge in [0.2, 0.25) is 0 Å². The van der Waals surface area contributed by atoms with E-state index in [9.17, 15) is 73.5 Å². The number of carboxylic acid groups (broad SMARTS) is 5. The Hall–Kier alpha value is -0.100. The molecule has 70 heavy (non-hydrogen) atoms. The van der Waals surface area contributed by atoms with Gasteiger partial charge in [-0.3, -0.25) is 0 Å². The van der Waals surface area contributed by atoms with Crippen molar-refractivity contribution in [2.24, 2.45) is 0 Å². The number of aliphatic carboxylic acids is 5. The van der Waals surface area contributed by atoms with Crippen molar-refractivity contribution >= 4 is 61.3 Å². The minimum absolute atomic E-state index is 0. The molecule has 0 unspecified atom stereocenters. The first-order valence-electron chi connectivity index (χ1n) is 16.5. The fraction of sp³-hybridized carbons (Fsp3) is 0.667. The van der Waals surface area contributed by atoms with Gasteiger partial charge < -0.3 is 176 Å². The van der Waals surface area contributed by atoms with Gasteiger partial charge in [0.25, 0.3) is 0 Å². The Morgan fingerprint density at radius 3 is 0.371 bits per heavy atom. The number of aliphatic hydroxyl groups is 20. The van der Waals surface area contributed by atoms with Gasteiger partial charge in [-0.15, -0.1) is 0 Å². The fourth-order valence-corrected chi connectivity index (χ4v) is 3.04. The zero-order valence-electron chi connectivity index (χ0n) is 37.0. The molecule has 0 aliphatic heterocycles. The Labute approximate surface area is 501 Å². The van der Waals surface area contributed by atoms with Crippen LogP contribution in [-0.4, -0.2) is 285 Å². The molecule has 0 aromatic carbocycles. The number of hydrogen-bond donors (Lipinski definition) is 20. The number of carbonyl (C=O) groups excluding carboxylic acids is 10. The van der Waals surface area contributed by atoms with E-state index < -0.39 is 152 Å². The van der Waals surface area contributed by atoms with Gasteiger partial charge in [-0.25, -0.2) is 0 Å². The molecule has 0 aliphatic carbocycles. The molecule has 0 fully saturated rings. The van der Waals surface area contributed by atoms with Crippen LogP contribution in [0.25, 0.3) is 0 Å². The second-order valence-electron chi connectivity index (χ2n) is 11.9. The van der Waals surface area contributed by atoms with Gasteiger partial charge >= 0.3 is 148 Å². The van der Waals surface area contributed by atoms with Crippen molar-refractivity contribution in [1.29, 1.82) is 0 Å². The quantitative estimate of drug-likeness (QED) is 0.0298. The van der Waals surface area contributed by atoms with E-state index in [1.165, 1.54) is 0 Å². The summed E-state index contributed by atoms with van der Waals surface area (Å²) in [6, 6.07) is 0. The molecule has 0 spiro atoms. The smallest absolute Gasteiger partial charge is 0.547 e. The predicted molar refractivity (Wildman–Crippen MR) is 175 cm³/mol. The largest absolute Gasteiger partial charge is 1.00 e. The molecule has 0 radical (unpaired) electrons. The van der Waals surface area contributed by atoms with Gasteiger partial charge in [-0.2, -0.15) is 0 Å². The van der Waals surface area contributed by atoms with Gasteiger partial charge in [-0.05, 0) is 0 Å². The number of aliphatic hydroxyl groups excluding tert-OH is 20. The van der Waals surface area contributed by atoms with Crippen LogP contribution >= 0.6 is 0 Å². The van der Waals surface area contributed by atoms with Crippen molar-refractivity contribution < 1.29 is 323 Å². The van der Waals surface area contributed by atoms with Crippen LogP contribution in [0.2, 0.25) is 0 Å². The molecule has 0 saturated carbocycles. The van der Waals surface area contributed by atoms with Crippen molar-refractivity contribution in [3.63, 3.8) is 0 Å². The predicted octanol–water partition coefficient (Wildman–Crippen LogP) is -38.1. The van der Waals surface area contributed by atoms with E-state index in [4.69, 9.17) is 102 Å². The second kappa shape index (κ2) is 49.8. The maximum absolute atomic E-state index is 9.95. The van der Waals surface area contributed by atoms with Crippen LogP contribution in [0.5, 0.6) is 0 Å². The minimum Gasteiger partial charge on any atom is -0.547 e. The molecule has 40 heteroatoms. The molecule has 0 aromatic heterocycles. The first-order chi connectivity index (χ1) is 29.6. The fourth-order valence-electron chi connectivity index (χ4n) is 3.04. The molecule has 0 aliphatic rings. The van der Waals surface area contributed by atoms with E-state index in [0.717, 1.165) is 0 Å². The Bertz CT molecular complexity index is 1230. The summed E-state index contributed by atoms with van der Waals surface area (Å²) in [5.74, 6) is -10.0. The Kier molecular flexibility index (Phi) is 65.7. The number of hydrogen-bond acceptors (Lipinski definition) is 35. The van der Waals surface area contributed by atoms with E-state index in [-0.39, 0.29) is 179 Å². The third-order valence-corrected chi connectivity index (χ3v) is 7.02. The van der Waals surface area contributed by atoms with Crippen LogP contribution in [0, 0.1) is 0 Å². The van der Waals surface area contributed by atoms with Gasteiger partial charge in [0, 0.05) is 0 Å². The number of rotatable bonds is 25. The third-order valence-electron chi connectivity index (χ3n) is 7.02. The van der Waals surface area contributed by atoms with Crippen LogP contribution < -0.4 is 173 Å². The monoisotopic (exact) mass is 1080 g/mol. The van der Waals surface area contributed by atoms with Crippen molar-refractivity contribution in [2.45, 2.75) is 122 Å². The molecule has 0 saturated heterocycles. The molecule has 0 bridgehead atoms. The first-order valence-corrected chi connectivity index (χ1v) is 16.5. The maximum atomic E-state index is 9.95. The van der Waals surface area contributed by atoms with Crippen molar-refractivity contribution in [1.82, 2.24) is 0 Å². The zero-order chi connectivity index (χ0) is 53.0. The maximum Gasteiger partial charge on any atom is 1.00 e. The number of aldehydes is 5. The summed E-state index contributed by atoms with van der Waals surface area (Å²) >= 11 is 0. The molecular formula is C30H45Na5O35. The van der Waals surface area contributed by atoms with Crippen LogP contribution in [-0.2, 0) is 47.9 Å². The number of carbonyl (C=O) groups is 10. The van der Waals surface area contributed by atoms with Gasteiger partial charge in [-0.1, -0.05) is 0 Å². The molecule has 20 N–H and O–H groups in total. The van der Waals surface area contributed by atoms with Crippen LogP contribution in [0.3, 0.4) is 0 Å². The summed E-state index contributed by atoms with van der Waals surface area (Å²) in [7, 11) is 0. The van der Waals surface area contributed by atoms with E-state index in [2.05, 4.69) is 0 Å². The van der Waals surface area contributed by atoms with Gasteiger partial charge in [0.15, 0.2) is 31.4 Å². The molecule has 0 rings (SSSR count). The summed E-state index contributed by atoms with van der Waals surface area (Å²) in [4.78, 5) is 99.2. The van der Waals surface area contributed by atoms with Crippen molar-refractivity contribution in [3.05, 3.63) is 0 Å². The molecule has 35 nitrogen and oxygen atoms in total. The third kappa shape index (κ3) is 37.6. The summed E-state index contributed by atoms with van der Waals surface area (Å²) in [6.07, 6.45) is -43.3. The molecule has 20 atom stereocenters. The Morgan fingerprint density at radius 2 is 0.314 bits per heavy atom. The zero-order valence-corrected chi connectivity index (χ0v) is 47.0. The Morgan fingerprint density at radius 1 is 0.229 bits per heavy atom. The number of carboxylic acids is 5. The topological polar surface area (TPSA) is 691 Å². The van der Waals surface area contributed by atoms with E-state index in [1.54, 1.807) is 0 Å². The van der Waals surface area contributed by atoms with Gasteiger partial charge in [0.1, 0.15) is 122 Å². The van der Waals surface area contributed by atoms with Crippen molar-refractivity contribution in [3.8, 4) is 0 Å². The molecular weight excluding hydrogens is 1040 g/mol. The Balaban J connectivity index is -0.0000000789. The summed E-state index contributed by atoms with van der Waals surface area (Å²) in [5.41, 5.74) is 0. The van der Waals surface area contributed by atoms with Crippen molar-refractivity contribution in [2.75, 3.05) is 0 Å².